The molecule has 0 bridgehead atoms. The van der Waals surface area contributed by atoms with Crippen LogP contribution < -0.4 is 10.1 Å². The van der Waals surface area contributed by atoms with Gasteiger partial charge in [0.05, 0.1) is 16.5 Å². The minimum atomic E-state index is -0.175. The topological polar surface area (TPSA) is 79.9 Å². The Labute approximate surface area is 160 Å². The first-order valence-electron chi connectivity index (χ1n) is 7.88. The molecular formula is C18H17ClN4O2S. The van der Waals surface area contributed by atoms with Gasteiger partial charge in [-0.2, -0.15) is 0 Å². The molecule has 1 heterocycles. The summed E-state index contributed by atoms with van der Waals surface area (Å²) < 4.78 is 5.67. The van der Waals surface area contributed by atoms with Crippen LogP contribution in [-0.2, 0) is 11.4 Å². The highest BCUT2D eigenvalue weighted by Gasteiger charge is 2.10. The molecule has 0 spiro atoms. The molecule has 0 saturated carbocycles. The van der Waals surface area contributed by atoms with Crippen molar-refractivity contribution in [1.82, 2.24) is 15.2 Å². The number of carbonyl (C=O) groups excluding carboxylic acids is 1. The van der Waals surface area contributed by atoms with E-state index >= 15 is 0 Å². The normalized spacial score (nSPS) is 10.5. The molecule has 6 nitrogen and oxygen atoms in total. The van der Waals surface area contributed by atoms with Crippen LogP contribution in [0.25, 0.3) is 0 Å². The predicted octanol–water partition coefficient (Wildman–Crippen LogP) is 4.08. The first-order valence-corrected chi connectivity index (χ1v) is 9.24. The first kappa shape index (κ1) is 18.3. The maximum absolute atomic E-state index is 12.0. The van der Waals surface area contributed by atoms with Crippen LogP contribution in [0.2, 0.25) is 5.02 Å². The van der Waals surface area contributed by atoms with E-state index in [0.29, 0.717) is 21.7 Å². The molecule has 2 N–H and O–H groups in total. The molecule has 0 fully saturated rings. The second-order valence-electron chi connectivity index (χ2n) is 5.49. The van der Waals surface area contributed by atoms with E-state index in [1.54, 1.807) is 18.2 Å². The third-order valence-electron chi connectivity index (χ3n) is 3.36. The van der Waals surface area contributed by atoms with Gasteiger partial charge in [0, 0.05) is 0 Å². The number of para-hydroxylation sites is 1. The summed E-state index contributed by atoms with van der Waals surface area (Å²) >= 11 is 7.25. The van der Waals surface area contributed by atoms with E-state index in [1.807, 2.05) is 37.3 Å². The Morgan fingerprint density at radius 3 is 2.92 bits per heavy atom. The Kier molecular flexibility index (Phi) is 6.14. The molecule has 1 amide bonds. The molecule has 0 aliphatic rings. The van der Waals surface area contributed by atoms with E-state index in [2.05, 4.69) is 20.5 Å². The van der Waals surface area contributed by atoms with Gasteiger partial charge in [0.2, 0.25) is 11.1 Å². The number of aromatic amines is 1. The van der Waals surface area contributed by atoms with Gasteiger partial charge in [-0.25, -0.2) is 4.98 Å². The summed E-state index contributed by atoms with van der Waals surface area (Å²) in [5.41, 5.74) is 1.71. The van der Waals surface area contributed by atoms with Crippen LogP contribution in [0.5, 0.6) is 5.75 Å². The van der Waals surface area contributed by atoms with Crippen molar-refractivity contribution < 1.29 is 9.53 Å². The van der Waals surface area contributed by atoms with Gasteiger partial charge in [-0.3, -0.25) is 9.89 Å². The number of hydrogen-bond acceptors (Lipinski definition) is 5. The summed E-state index contributed by atoms with van der Waals surface area (Å²) in [6.07, 6.45) is 0. The molecule has 0 unspecified atom stereocenters. The second-order valence-corrected chi connectivity index (χ2v) is 6.84. The average Bonchev–Trinajstić information content (AvgIpc) is 3.08. The fourth-order valence-electron chi connectivity index (χ4n) is 2.14. The SMILES string of the molecule is Cc1cccc(OCc2nc(SCC(=O)Nc3ccccc3Cl)n[nH]2)c1. The monoisotopic (exact) mass is 388 g/mol. The lowest BCUT2D eigenvalue weighted by molar-refractivity contribution is -0.113. The van der Waals surface area contributed by atoms with Crippen molar-refractivity contribution in [2.45, 2.75) is 18.7 Å². The highest BCUT2D eigenvalue weighted by molar-refractivity contribution is 7.99. The number of carbonyl (C=O) groups is 1. The minimum absolute atomic E-state index is 0.175. The fourth-order valence-corrected chi connectivity index (χ4v) is 2.94. The van der Waals surface area contributed by atoms with Crippen molar-refractivity contribution in [3.05, 3.63) is 64.9 Å². The second kappa shape index (κ2) is 8.73. The van der Waals surface area contributed by atoms with E-state index in [9.17, 15) is 4.79 Å². The smallest absolute Gasteiger partial charge is 0.234 e. The van der Waals surface area contributed by atoms with Crippen LogP contribution in [0.15, 0.2) is 53.7 Å². The van der Waals surface area contributed by atoms with Gasteiger partial charge >= 0.3 is 0 Å². The number of hydrogen-bond donors (Lipinski definition) is 2. The molecule has 0 saturated heterocycles. The third-order valence-corrected chi connectivity index (χ3v) is 4.53. The zero-order valence-electron chi connectivity index (χ0n) is 14.0. The molecule has 0 aliphatic carbocycles. The van der Waals surface area contributed by atoms with E-state index in [0.717, 1.165) is 11.3 Å². The maximum atomic E-state index is 12.0. The van der Waals surface area contributed by atoms with Crippen LogP contribution in [0.4, 0.5) is 5.69 Å². The number of amides is 1. The molecule has 26 heavy (non-hydrogen) atoms. The number of benzene rings is 2. The number of H-pyrrole nitrogens is 1. The zero-order valence-corrected chi connectivity index (χ0v) is 15.6. The van der Waals surface area contributed by atoms with Crippen LogP contribution in [-0.4, -0.2) is 26.8 Å². The Morgan fingerprint density at radius 2 is 2.12 bits per heavy atom. The molecule has 3 rings (SSSR count). The van der Waals surface area contributed by atoms with Crippen LogP contribution in [0.1, 0.15) is 11.4 Å². The third kappa shape index (κ3) is 5.24. The van der Waals surface area contributed by atoms with Crippen molar-refractivity contribution in [2.75, 3.05) is 11.1 Å². The molecule has 8 heteroatoms. The van der Waals surface area contributed by atoms with Crippen molar-refractivity contribution in [1.29, 1.82) is 0 Å². The van der Waals surface area contributed by atoms with Crippen molar-refractivity contribution >= 4 is 35.0 Å². The van der Waals surface area contributed by atoms with Crippen molar-refractivity contribution in [3.8, 4) is 5.75 Å². The Hall–Kier alpha value is -2.51. The van der Waals surface area contributed by atoms with Gasteiger partial charge in [0.15, 0.2) is 5.82 Å². The fraction of sp³-hybridized carbons (Fsp3) is 0.167. The number of ether oxygens (including phenoxy) is 1. The average molecular weight is 389 g/mol. The molecule has 0 atom stereocenters. The van der Waals surface area contributed by atoms with Gasteiger partial charge in [-0.05, 0) is 36.8 Å². The molecular weight excluding hydrogens is 372 g/mol. The van der Waals surface area contributed by atoms with E-state index in [-0.39, 0.29) is 18.3 Å². The number of nitrogens with zero attached hydrogens (tertiary/aromatic N) is 2. The molecule has 2 aromatic carbocycles. The number of aromatic nitrogens is 3. The van der Waals surface area contributed by atoms with Gasteiger partial charge in [-0.1, -0.05) is 47.6 Å². The minimum Gasteiger partial charge on any atom is -0.486 e. The Morgan fingerprint density at radius 1 is 1.27 bits per heavy atom. The summed E-state index contributed by atoms with van der Waals surface area (Å²) in [4.78, 5) is 16.3. The summed E-state index contributed by atoms with van der Waals surface area (Å²) in [7, 11) is 0. The van der Waals surface area contributed by atoms with Gasteiger partial charge < -0.3 is 10.1 Å². The highest BCUT2D eigenvalue weighted by Crippen LogP contribution is 2.21. The van der Waals surface area contributed by atoms with Gasteiger partial charge in [0.25, 0.3) is 0 Å². The maximum Gasteiger partial charge on any atom is 0.234 e. The largest absolute Gasteiger partial charge is 0.486 e. The number of thioether (sulfide) groups is 1. The lowest BCUT2D eigenvalue weighted by atomic mass is 10.2. The molecule has 134 valence electrons. The predicted molar refractivity (Wildman–Crippen MR) is 103 cm³/mol. The molecule has 3 aromatic rings. The first-order chi connectivity index (χ1) is 12.6. The summed E-state index contributed by atoms with van der Waals surface area (Å²) in [6.45, 7) is 2.28. The van der Waals surface area contributed by atoms with E-state index in [4.69, 9.17) is 16.3 Å². The number of nitrogens with one attached hydrogen (secondary N) is 2. The van der Waals surface area contributed by atoms with Crippen molar-refractivity contribution in [3.63, 3.8) is 0 Å². The standard InChI is InChI=1S/C18H17ClN4O2S/c1-12-5-4-6-13(9-12)25-10-16-21-18(23-22-16)26-11-17(24)20-15-8-3-2-7-14(15)19/h2-9H,10-11H2,1H3,(H,20,24)(H,21,22,23). The number of rotatable bonds is 7. The lowest BCUT2D eigenvalue weighted by Gasteiger charge is -2.05. The number of aryl methyl sites for hydroxylation is 1. The lowest BCUT2D eigenvalue weighted by Crippen LogP contribution is -2.14. The Bertz CT molecular complexity index is 900. The molecule has 0 radical (unpaired) electrons. The highest BCUT2D eigenvalue weighted by atomic mass is 35.5. The van der Waals surface area contributed by atoms with E-state index < -0.39 is 0 Å². The summed E-state index contributed by atoms with van der Waals surface area (Å²) in [5, 5.41) is 10.6. The Balaban J connectivity index is 1.47. The zero-order chi connectivity index (χ0) is 18.4. The quantitative estimate of drug-likeness (QED) is 0.596. The summed E-state index contributed by atoms with van der Waals surface area (Å²) in [6, 6.07) is 14.9. The molecule has 1 aromatic heterocycles. The summed E-state index contributed by atoms with van der Waals surface area (Å²) in [5.74, 6) is 1.38. The van der Waals surface area contributed by atoms with Crippen LogP contribution in [0.3, 0.4) is 0 Å². The van der Waals surface area contributed by atoms with Crippen molar-refractivity contribution in [2.24, 2.45) is 0 Å². The number of anilines is 1. The van der Waals surface area contributed by atoms with Crippen LogP contribution >= 0.6 is 23.4 Å². The number of halogens is 1. The molecule has 0 aliphatic heterocycles. The van der Waals surface area contributed by atoms with E-state index in [1.165, 1.54) is 11.8 Å². The van der Waals surface area contributed by atoms with Gasteiger partial charge in [0.1, 0.15) is 12.4 Å². The van der Waals surface area contributed by atoms with Gasteiger partial charge in [-0.15, -0.1) is 5.10 Å². The van der Waals surface area contributed by atoms with Crippen LogP contribution in [0, 0.1) is 6.92 Å².